The maximum atomic E-state index is 14.3. The molecular weight excluding hydrogens is 503 g/mol. The predicted molar refractivity (Wildman–Crippen MR) is 140 cm³/mol. The molecule has 0 spiro atoms. The van der Waals surface area contributed by atoms with Gasteiger partial charge in [0.2, 0.25) is 5.91 Å². The van der Waals surface area contributed by atoms with Gasteiger partial charge in [0.05, 0.1) is 22.8 Å². The van der Waals surface area contributed by atoms with Crippen molar-refractivity contribution in [2.75, 3.05) is 23.3 Å². The van der Waals surface area contributed by atoms with E-state index in [9.17, 15) is 14.0 Å². The zero-order valence-corrected chi connectivity index (χ0v) is 22.0. The van der Waals surface area contributed by atoms with Gasteiger partial charge in [0.25, 0.3) is 0 Å². The molecule has 1 aliphatic heterocycles. The van der Waals surface area contributed by atoms with Crippen LogP contribution >= 0.6 is 22.9 Å². The number of pyridine rings is 1. The van der Waals surface area contributed by atoms with Crippen LogP contribution in [-0.2, 0) is 4.79 Å². The number of thiazole rings is 1. The fraction of sp³-hybridized carbons (Fsp3) is 0.385. The molecular formula is C26H28ClFN4O3S. The van der Waals surface area contributed by atoms with E-state index in [-0.39, 0.29) is 28.9 Å². The van der Waals surface area contributed by atoms with Gasteiger partial charge in [-0.15, -0.1) is 0 Å². The van der Waals surface area contributed by atoms with E-state index in [0.29, 0.717) is 47.3 Å². The molecule has 0 unspecified atom stereocenters. The SMILES string of the molecule is CCC(=O)Nc1nc(C)c(C(=O)C[C@@H](C)c2ccc(O[C@@H]3CCN(c4ccnc(Cl)c4F)C3)cc2)s1. The number of nitrogens with one attached hydrogen (secondary N) is 1. The normalized spacial score (nSPS) is 16.1. The van der Waals surface area contributed by atoms with E-state index in [1.807, 2.05) is 36.1 Å². The number of nitrogens with zero attached hydrogens (tertiary/aromatic N) is 3. The summed E-state index contributed by atoms with van der Waals surface area (Å²) in [6, 6.07) is 9.36. The van der Waals surface area contributed by atoms with Gasteiger partial charge >= 0.3 is 0 Å². The summed E-state index contributed by atoms with van der Waals surface area (Å²) >= 11 is 7.03. The average Bonchev–Trinajstić information content (AvgIpc) is 3.47. The molecule has 36 heavy (non-hydrogen) atoms. The Kier molecular flexibility index (Phi) is 8.21. The Labute approximate surface area is 218 Å². The molecule has 1 aliphatic rings. The maximum Gasteiger partial charge on any atom is 0.225 e. The van der Waals surface area contributed by atoms with Gasteiger partial charge in [-0.25, -0.2) is 14.4 Å². The topological polar surface area (TPSA) is 84.4 Å². The van der Waals surface area contributed by atoms with Crippen molar-refractivity contribution in [3.8, 4) is 5.75 Å². The van der Waals surface area contributed by atoms with E-state index < -0.39 is 5.82 Å². The first-order chi connectivity index (χ1) is 17.2. The number of hydrogen-bond donors (Lipinski definition) is 1. The van der Waals surface area contributed by atoms with E-state index in [2.05, 4.69) is 15.3 Å². The summed E-state index contributed by atoms with van der Waals surface area (Å²) in [6.07, 6.45) is 2.88. The smallest absolute Gasteiger partial charge is 0.225 e. The number of anilines is 2. The Hall–Kier alpha value is -3.04. The Morgan fingerprint density at radius 3 is 2.78 bits per heavy atom. The van der Waals surface area contributed by atoms with Crippen LogP contribution < -0.4 is 15.0 Å². The number of carbonyl (C=O) groups excluding carboxylic acids is 2. The van der Waals surface area contributed by atoms with Crippen molar-refractivity contribution >= 4 is 45.4 Å². The summed E-state index contributed by atoms with van der Waals surface area (Å²) in [6.45, 7) is 6.78. The van der Waals surface area contributed by atoms with Crippen LogP contribution in [-0.4, -0.2) is 40.9 Å². The zero-order valence-electron chi connectivity index (χ0n) is 20.4. The number of halogens is 2. The van der Waals surface area contributed by atoms with Gasteiger partial charge in [-0.1, -0.05) is 48.9 Å². The van der Waals surface area contributed by atoms with Crippen molar-refractivity contribution in [3.05, 3.63) is 63.6 Å². The number of rotatable bonds is 9. The van der Waals surface area contributed by atoms with E-state index in [1.165, 1.54) is 17.5 Å². The lowest BCUT2D eigenvalue weighted by atomic mass is 9.95. The Balaban J connectivity index is 1.33. The van der Waals surface area contributed by atoms with Crippen molar-refractivity contribution < 1.29 is 18.7 Å². The third kappa shape index (κ3) is 6.02. The first-order valence-electron chi connectivity index (χ1n) is 11.9. The monoisotopic (exact) mass is 530 g/mol. The van der Waals surface area contributed by atoms with Crippen LogP contribution in [0.1, 0.15) is 60.0 Å². The number of hydrogen-bond acceptors (Lipinski definition) is 7. The van der Waals surface area contributed by atoms with E-state index in [1.54, 1.807) is 19.9 Å². The lowest BCUT2D eigenvalue weighted by molar-refractivity contribution is -0.115. The quantitative estimate of drug-likeness (QED) is 0.269. The summed E-state index contributed by atoms with van der Waals surface area (Å²) in [5.74, 6) is 0.0974. The summed E-state index contributed by atoms with van der Waals surface area (Å²) in [5.41, 5.74) is 2.09. The van der Waals surface area contributed by atoms with Gasteiger partial charge in [-0.3, -0.25) is 9.59 Å². The number of benzene rings is 1. The van der Waals surface area contributed by atoms with Crippen LogP contribution in [0, 0.1) is 12.7 Å². The van der Waals surface area contributed by atoms with Gasteiger partial charge in [0.1, 0.15) is 11.9 Å². The predicted octanol–water partition coefficient (Wildman–Crippen LogP) is 6.02. The van der Waals surface area contributed by atoms with Gasteiger partial charge in [-0.05, 0) is 36.6 Å². The minimum absolute atomic E-state index is 0.00289. The number of amides is 1. The number of ether oxygens (including phenoxy) is 1. The second kappa shape index (κ2) is 11.3. The second-order valence-electron chi connectivity index (χ2n) is 8.84. The van der Waals surface area contributed by atoms with Crippen molar-refractivity contribution in [1.82, 2.24) is 9.97 Å². The van der Waals surface area contributed by atoms with Gasteiger partial charge < -0.3 is 15.0 Å². The number of carbonyl (C=O) groups is 2. The van der Waals surface area contributed by atoms with E-state index >= 15 is 0 Å². The van der Waals surface area contributed by atoms with Crippen LogP contribution in [0.3, 0.4) is 0 Å². The molecule has 0 saturated carbocycles. The summed E-state index contributed by atoms with van der Waals surface area (Å²) in [7, 11) is 0. The van der Waals surface area contributed by atoms with Gasteiger partial charge in [-0.2, -0.15) is 0 Å². The first-order valence-corrected chi connectivity index (χ1v) is 13.1. The Bertz CT molecular complexity index is 1250. The van der Waals surface area contributed by atoms with Crippen molar-refractivity contribution in [1.29, 1.82) is 0 Å². The molecule has 0 radical (unpaired) electrons. The molecule has 1 amide bonds. The molecule has 190 valence electrons. The highest BCUT2D eigenvalue weighted by Gasteiger charge is 2.27. The lowest BCUT2D eigenvalue weighted by Crippen LogP contribution is -2.25. The first kappa shape index (κ1) is 26.0. The minimum Gasteiger partial charge on any atom is -0.489 e. The zero-order chi connectivity index (χ0) is 25.8. The highest BCUT2D eigenvalue weighted by Crippen LogP contribution is 2.31. The van der Waals surface area contributed by atoms with Crippen LogP contribution in [0.25, 0.3) is 0 Å². The number of aromatic nitrogens is 2. The van der Waals surface area contributed by atoms with Crippen molar-refractivity contribution in [2.45, 2.75) is 52.1 Å². The molecule has 4 rings (SSSR count). The lowest BCUT2D eigenvalue weighted by Gasteiger charge is -2.20. The summed E-state index contributed by atoms with van der Waals surface area (Å²) < 4.78 is 20.4. The molecule has 1 N–H and O–H groups in total. The van der Waals surface area contributed by atoms with Crippen LogP contribution in [0.15, 0.2) is 36.5 Å². The van der Waals surface area contributed by atoms with Gasteiger partial charge in [0.15, 0.2) is 21.9 Å². The Morgan fingerprint density at radius 2 is 2.06 bits per heavy atom. The second-order valence-corrected chi connectivity index (χ2v) is 10.2. The summed E-state index contributed by atoms with van der Waals surface area (Å²) in [5, 5.41) is 3.04. The average molecular weight is 531 g/mol. The van der Waals surface area contributed by atoms with Crippen LogP contribution in [0.5, 0.6) is 5.75 Å². The Morgan fingerprint density at radius 1 is 1.31 bits per heavy atom. The standard InChI is InChI=1S/C26H28ClFN4O3S/c1-4-22(34)31-26-30-16(3)24(36-26)21(33)13-15(2)17-5-7-18(8-6-17)35-19-10-12-32(14-19)20-9-11-29-25(27)23(20)28/h5-9,11,15,19H,4,10,12-14H2,1-3H3,(H,30,31,34)/t15-,19-/m1/s1. The fourth-order valence-corrected chi connectivity index (χ4v) is 5.25. The maximum absolute atomic E-state index is 14.3. The third-order valence-corrected chi connectivity index (χ3v) is 7.55. The molecule has 2 atom stereocenters. The fourth-order valence-electron chi connectivity index (χ4n) is 4.17. The van der Waals surface area contributed by atoms with E-state index in [0.717, 1.165) is 17.7 Å². The number of Topliss-reactive ketones (excluding diaryl/α,β-unsaturated/α-hetero) is 1. The highest BCUT2D eigenvalue weighted by molar-refractivity contribution is 7.17. The third-order valence-electron chi connectivity index (χ3n) is 6.17. The molecule has 1 aromatic carbocycles. The molecule has 3 aromatic rings. The molecule has 1 saturated heterocycles. The van der Waals surface area contributed by atoms with Crippen LogP contribution in [0.2, 0.25) is 5.15 Å². The molecule has 3 heterocycles. The molecule has 7 nitrogen and oxygen atoms in total. The highest BCUT2D eigenvalue weighted by atomic mass is 35.5. The molecule has 0 bridgehead atoms. The van der Waals surface area contributed by atoms with Gasteiger partial charge in [0, 0.05) is 32.0 Å². The molecule has 0 aliphatic carbocycles. The largest absolute Gasteiger partial charge is 0.489 e. The van der Waals surface area contributed by atoms with Crippen LogP contribution in [0.4, 0.5) is 15.2 Å². The number of ketones is 1. The minimum atomic E-state index is -0.511. The number of aryl methyl sites for hydroxylation is 1. The molecule has 10 heteroatoms. The molecule has 1 fully saturated rings. The molecule has 2 aromatic heterocycles. The van der Waals surface area contributed by atoms with Crippen molar-refractivity contribution in [3.63, 3.8) is 0 Å². The van der Waals surface area contributed by atoms with E-state index in [4.69, 9.17) is 16.3 Å². The summed E-state index contributed by atoms with van der Waals surface area (Å²) in [4.78, 5) is 35.1. The van der Waals surface area contributed by atoms with Crippen molar-refractivity contribution in [2.24, 2.45) is 0 Å².